The maximum atomic E-state index is 13.9. The number of phenols is 1. The number of halogens is 2. The van der Waals surface area contributed by atoms with Crippen LogP contribution < -0.4 is 5.32 Å². The molecule has 1 heterocycles. The zero-order valence-electron chi connectivity index (χ0n) is 12.5. The van der Waals surface area contributed by atoms with E-state index < -0.39 is 17.5 Å². The van der Waals surface area contributed by atoms with Gasteiger partial charge in [-0.25, -0.2) is 13.8 Å². The Morgan fingerprint density at radius 1 is 1.12 bits per heavy atom. The summed E-state index contributed by atoms with van der Waals surface area (Å²) in [5.74, 6) is -2.06. The summed E-state index contributed by atoms with van der Waals surface area (Å²) in [6.07, 6.45) is 0. The van der Waals surface area contributed by atoms with Gasteiger partial charge < -0.3 is 10.4 Å². The number of anilines is 1. The number of hydrogen-bond acceptors (Lipinski definition) is 4. The van der Waals surface area contributed by atoms with Crippen LogP contribution in [0.5, 0.6) is 5.75 Å². The van der Waals surface area contributed by atoms with Crippen molar-refractivity contribution in [3.05, 3.63) is 64.7 Å². The second-order valence-electron chi connectivity index (χ2n) is 5.00. The average Bonchev–Trinajstić information content (AvgIpc) is 2.91. The second-order valence-corrected chi connectivity index (χ2v) is 6.00. The van der Waals surface area contributed by atoms with Crippen molar-refractivity contribution >= 4 is 22.9 Å². The SMILES string of the molecule is Cc1nc(-c2c(F)cccc2F)sc1C(=O)Nc1ccccc1O. The lowest BCUT2D eigenvalue weighted by Crippen LogP contribution is -2.11. The number of aryl methyl sites for hydroxylation is 1. The molecule has 122 valence electrons. The van der Waals surface area contributed by atoms with E-state index in [1.54, 1.807) is 25.1 Å². The highest BCUT2D eigenvalue weighted by molar-refractivity contribution is 7.17. The molecule has 1 aromatic heterocycles. The highest BCUT2D eigenvalue weighted by Crippen LogP contribution is 2.32. The third-order valence-corrected chi connectivity index (χ3v) is 4.51. The Hall–Kier alpha value is -2.80. The van der Waals surface area contributed by atoms with Crippen LogP contribution in [0.4, 0.5) is 14.5 Å². The van der Waals surface area contributed by atoms with E-state index in [0.29, 0.717) is 5.69 Å². The summed E-state index contributed by atoms with van der Waals surface area (Å²) in [6.45, 7) is 1.58. The minimum Gasteiger partial charge on any atom is -0.506 e. The Morgan fingerprint density at radius 2 is 1.79 bits per heavy atom. The summed E-state index contributed by atoms with van der Waals surface area (Å²) in [7, 11) is 0. The first-order valence-corrected chi connectivity index (χ1v) is 7.80. The first-order valence-electron chi connectivity index (χ1n) is 6.98. The van der Waals surface area contributed by atoms with Gasteiger partial charge in [0.05, 0.1) is 16.9 Å². The number of amides is 1. The van der Waals surface area contributed by atoms with Crippen molar-refractivity contribution in [2.75, 3.05) is 5.32 Å². The summed E-state index contributed by atoms with van der Waals surface area (Å²) in [5, 5.41) is 12.3. The highest BCUT2D eigenvalue weighted by atomic mass is 32.1. The Bertz CT molecular complexity index is 904. The van der Waals surface area contributed by atoms with Gasteiger partial charge >= 0.3 is 0 Å². The number of thiazole rings is 1. The summed E-state index contributed by atoms with van der Waals surface area (Å²) in [5.41, 5.74) is 0.340. The van der Waals surface area contributed by atoms with Crippen molar-refractivity contribution in [2.45, 2.75) is 6.92 Å². The van der Waals surface area contributed by atoms with Gasteiger partial charge in [-0.05, 0) is 31.2 Å². The van der Waals surface area contributed by atoms with Crippen LogP contribution in [0.15, 0.2) is 42.5 Å². The van der Waals surface area contributed by atoms with Crippen molar-refractivity contribution in [3.63, 3.8) is 0 Å². The molecule has 24 heavy (non-hydrogen) atoms. The lowest BCUT2D eigenvalue weighted by atomic mass is 10.2. The smallest absolute Gasteiger partial charge is 0.267 e. The monoisotopic (exact) mass is 346 g/mol. The molecule has 0 aliphatic rings. The van der Waals surface area contributed by atoms with Crippen LogP contribution in [0.3, 0.4) is 0 Å². The molecule has 0 spiro atoms. The van der Waals surface area contributed by atoms with E-state index in [4.69, 9.17) is 0 Å². The Balaban J connectivity index is 1.95. The van der Waals surface area contributed by atoms with E-state index in [1.165, 1.54) is 12.1 Å². The van der Waals surface area contributed by atoms with Crippen molar-refractivity contribution in [1.29, 1.82) is 0 Å². The van der Waals surface area contributed by atoms with Crippen molar-refractivity contribution in [1.82, 2.24) is 4.98 Å². The van der Waals surface area contributed by atoms with E-state index in [0.717, 1.165) is 23.5 Å². The van der Waals surface area contributed by atoms with Gasteiger partial charge in [0.25, 0.3) is 5.91 Å². The number of para-hydroxylation sites is 2. The zero-order chi connectivity index (χ0) is 17.3. The van der Waals surface area contributed by atoms with Crippen LogP contribution in [0.1, 0.15) is 15.4 Å². The van der Waals surface area contributed by atoms with Gasteiger partial charge in [-0.1, -0.05) is 18.2 Å². The van der Waals surface area contributed by atoms with E-state index in [1.807, 2.05) is 0 Å². The summed E-state index contributed by atoms with van der Waals surface area (Å²) in [6, 6.07) is 9.81. The van der Waals surface area contributed by atoms with Gasteiger partial charge in [0.15, 0.2) is 0 Å². The second kappa shape index (κ2) is 6.37. The fourth-order valence-corrected chi connectivity index (χ4v) is 3.18. The van der Waals surface area contributed by atoms with Crippen molar-refractivity contribution < 1.29 is 18.7 Å². The maximum Gasteiger partial charge on any atom is 0.267 e. The van der Waals surface area contributed by atoms with Gasteiger partial charge in [-0.15, -0.1) is 11.3 Å². The third-order valence-electron chi connectivity index (χ3n) is 3.33. The fraction of sp³-hybridized carbons (Fsp3) is 0.0588. The number of aromatic nitrogens is 1. The molecule has 3 rings (SSSR count). The molecule has 7 heteroatoms. The third kappa shape index (κ3) is 2.98. The van der Waals surface area contributed by atoms with Crippen LogP contribution in [0.2, 0.25) is 0 Å². The largest absolute Gasteiger partial charge is 0.506 e. The molecular weight excluding hydrogens is 334 g/mol. The Morgan fingerprint density at radius 3 is 2.46 bits per heavy atom. The van der Waals surface area contributed by atoms with Crippen molar-refractivity contribution in [3.8, 4) is 16.3 Å². The maximum absolute atomic E-state index is 13.9. The topological polar surface area (TPSA) is 62.2 Å². The number of nitrogens with zero attached hydrogens (tertiary/aromatic N) is 1. The zero-order valence-corrected chi connectivity index (χ0v) is 13.3. The molecule has 0 aliphatic carbocycles. The van der Waals surface area contributed by atoms with E-state index >= 15 is 0 Å². The molecule has 1 amide bonds. The molecule has 4 nitrogen and oxygen atoms in total. The summed E-state index contributed by atoms with van der Waals surface area (Å²) in [4.78, 5) is 16.7. The quantitative estimate of drug-likeness (QED) is 0.693. The molecule has 0 atom stereocenters. The van der Waals surface area contributed by atoms with Crippen LogP contribution >= 0.6 is 11.3 Å². The molecule has 0 saturated carbocycles. The number of carbonyl (C=O) groups excluding carboxylic acids is 1. The normalized spacial score (nSPS) is 10.6. The Kier molecular flexibility index (Phi) is 4.26. The molecule has 0 radical (unpaired) electrons. The number of benzene rings is 2. The highest BCUT2D eigenvalue weighted by Gasteiger charge is 2.21. The first-order chi connectivity index (χ1) is 11.5. The molecule has 0 aliphatic heterocycles. The minimum absolute atomic E-state index is 0.0756. The molecule has 0 unspecified atom stereocenters. The summed E-state index contributed by atoms with van der Waals surface area (Å²) >= 11 is 0.889. The lowest BCUT2D eigenvalue weighted by Gasteiger charge is -2.05. The number of rotatable bonds is 3. The predicted molar refractivity (Wildman–Crippen MR) is 88.3 cm³/mol. The first kappa shape index (κ1) is 16.1. The van der Waals surface area contributed by atoms with Gasteiger partial charge in [-0.2, -0.15) is 0 Å². The Labute approximate surface area is 140 Å². The molecule has 2 N–H and O–H groups in total. The lowest BCUT2D eigenvalue weighted by molar-refractivity contribution is 0.102. The number of aromatic hydroxyl groups is 1. The van der Waals surface area contributed by atoms with E-state index in [2.05, 4.69) is 10.3 Å². The molecular formula is C17H12F2N2O2S. The number of carbonyl (C=O) groups is 1. The number of phenolic OH excluding ortho intramolecular Hbond substituents is 1. The standard InChI is InChI=1S/C17H12F2N2O2S/c1-9-15(16(23)21-12-7-2-3-8-13(12)22)24-17(20-9)14-10(18)5-4-6-11(14)19/h2-8,22H,1H3,(H,21,23). The van der Waals surface area contributed by atoms with Crippen molar-refractivity contribution in [2.24, 2.45) is 0 Å². The molecule has 0 saturated heterocycles. The molecule has 2 aromatic carbocycles. The van der Waals surface area contributed by atoms with E-state index in [9.17, 15) is 18.7 Å². The molecule has 3 aromatic rings. The number of hydrogen-bond donors (Lipinski definition) is 2. The molecule has 0 fully saturated rings. The fourth-order valence-electron chi connectivity index (χ4n) is 2.17. The van der Waals surface area contributed by atoms with Gasteiger partial charge in [-0.3, -0.25) is 4.79 Å². The minimum atomic E-state index is -0.739. The van der Waals surface area contributed by atoms with Crippen LogP contribution in [-0.2, 0) is 0 Å². The van der Waals surface area contributed by atoms with Gasteiger partial charge in [0.2, 0.25) is 0 Å². The summed E-state index contributed by atoms with van der Waals surface area (Å²) < 4.78 is 27.7. The average molecular weight is 346 g/mol. The molecule has 0 bridgehead atoms. The van der Waals surface area contributed by atoms with Gasteiger partial charge in [0.1, 0.15) is 27.3 Å². The van der Waals surface area contributed by atoms with Crippen LogP contribution in [-0.4, -0.2) is 16.0 Å². The number of nitrogens with one attached hydrogen (secondary N) is 1. The predicted octanol–water partition coefficient (Wildman–Crippen LogP) is 4.35. The van der Waals surface area contributed by atoms with Crippen LogP contribution in [0.25, 0.3) is 10.6 Å². The van der Waals surface area contributed by atoms with Crippen LogP contribution in [0, 0.1) is 18.6 Å². The van der Waals surface area contributed by atoms with E-state index in [-0.39, 0.29) is 26.9 Å². The van der Waals surface area contributed by atoms with Gasteiger partial charge in [0, 0.05) is 0 Å².